The van der Waals surface area contributed by atoms with E-state index in [0.29, 0.717) is 24.5 Å². The summed E-state index contributed by atoms with van der Waals surface area (Å²) in [7, 11) is 1.56. The van der Waals surface area contributed by atoms with Gasteiger partial charge in [-0.15, -0.1) is 0 Å². The Balaban J connectivity index is 2.54. The van der Waals surface area contributed by atoms with E-state index in [-0.39, 0.29) is 12.6 Å². The van der Waals surface area contributed by atoms with Gasteiger partial charge in [-0.1, -0.05) is 13.0 Å². The molecule has 4 heteroatoms. The van der Waals surface area contributed by atoms with E-state index in [0.717, 1.165) is 6.42 Å². The Labute approximate surface area is 101 Å². The summed E-state index contributed by atoms with van der Waals surface area (Å²) in [5.74, 6) is 0.331. The third-order valence-electron chi connectivity index (χ3n) is 2.06. The van der Waals surface area contributed by atoms with Crippen LogP contribution in [0.5, 0.6) is 5.75 Å². The summed E-state index contributed by atoms with van der Waals surface area (Å²) < 4.78 is 15.3. The third kappa shape index (κ3) is 4.87. The molecule has 0 N–H and O–H groups in total. The van der Waals surface area contributed by atoms with Crippen molar-refractivity contribution in [2.45, 2.75) is 13.3 Å². The van der Waals surface area contributed by atoms with Crippen LogP contribution in [0, 0.1) is 0 Å². The Kier molecular flexibility index (Phi) is 6.10. The largest absolute Gasteiger partial charge is 0.494 e. The van der Waals surface area contributed by atoms with E-state index >= 15 is 0 Å². The van der Waals surface area contributed by atoms with Crippen molar-refractivity contribution in [1.82, 2.24) is 0 Å². The van der Waals surface area contributed by atoms with Gasteiger partial charge in [0.15, 0.2) is 0 Å². The Hall–Kier alpha value is -1.55. The summed E-state index contributed by atoms with van der Waals surface area (Å²) in [5, 5.41) is 0. The lowest BCUT2D eigenvalue weighted by Crippen LogP contribution is -2.10. The van der Waals surface area contributed by atoms with Gasteiger partial charge in [-0.25, -0.2) is 4.79 Å². The summed E-state index contributed by atoms with van der Waals surface area (Å²) in [6.07, 6.45) is 0.933. The Morgan fingerprint density at radius 1 is 1.24 bits per heavy atom. The van der Waals surface area contributed by atoms with Gasteiger partial charge >= 0.3 is 5.97 Å². The number of esters is 1. The Morgan fingerprint density at radius 2 is 2.06 bits per heavy atom. The van der Waals surface area contributed by atoms with Crippen LogP contribution in [0.25, 0.3) is 0 Å². The fraction of sp³-hybridized carbons (Fsp3) is 0.462. The van der Waals surface area contributed by atoms with Crippen molar-refractivity contribution in [3.05, 3.63) is 29.8 Å². The lowest BCUT2D eigenvalue weighted by molar-refractivity contribution is 0.0387. The summed E-state index contributed by atoms with van der Waals surface area (Å²) in [4.78, 5) is 11.6. The molecule has 0 bridgehead atoms. The van der Waals surface area contributed by atoms with Crippen molar-refractivity contribution < 1.29 is 19.0 Å². The molecule has 0 radical (unpaired) electrons. The number of hydrogen-bond acceptors (Lipinski definition) is 4. The predicted octanol–water partition coefficient (Wildman–Crippen LogP) is 2.28. The maximum atomic E-state index is 11.6. The van der Waals surface area contributed by atoms with Crippen LogP contribution < -0.4 is 4.74 Å². The number of hydrogen-bond donors (Lipinski definition) is 0. The van der Waals surface area contributed by atoms with Crippen LogP contribution >= 0.6 is 0 Å². The van der Waals surface area contributed by atoms with Crippen LogP contribution in [0.4, 0.5) is 0 Å². The van der Waals surface area contributed by atoms with Crippen LogP contribution in [-0.2, 0) is 9.47 Å². The number of methoxy groups -OCH3 is 1. The van der Waals surface area contributed by atoms with Crippen LogP contribution in [-0.4, -0.2) is 32.9 Å². The lowest BCUT2D eigenvalue weighted by Gasteiger charge is -2.07. The van der Waals surface area contributed by atoms with Crippen LogP contribution in [0.3, 0.4) is 0 Å². The molecule has 94 valence electrons. The minimum Gasteiger partial charge on any atom is -0.494 e. The first-order valence-corrected chi connectivity index (χ1v) is 5.67. The third-order valence-corrected chi connectivity index (χ3v) is 2.06. The zero-order chi connectivity index (χ0) is 12.5. The number of ether oxygens (including phenoxy) is 3. The van der Waals surface area contributed by atoms with E-state index < -0.39 is 0 Å². The molecule has 0 saturated carbocycles. The van der Waals surface area contributed by atoms with E-state index in [4.69, 9.17) is 14.2 Å². The average molecular weight is 238 g/mol. The number of carbonyl (C=O) groups excluding carboxylic acids is 1. The highest BCUT2D eigenvalue weighted by molar-refractivity contribution is 5.89. The van der Waals surface area contributed by atoms with Crippen molar-refractivity contribution >= 4 is 5.97 Å². The van der Waals surface area contributed by atoms with Crippen molar-refractivity contribution in [2.24, 2.45) is 0 Å². The van der Waals surface area contributed by atoms with E-state index in [1.165, 1.54) is 0 Å². The highest BCUT2D eigenvalue weighted by Gasteiger charge is 2.07. The van der Waals surface area contributed by atoms with E-state index in [9.17, 15) is 4.79 Å². The molecule has 1 rings (SSSR count). The Bertz CT molecular complexity index is 349. The second-order valence-corrected chi connectivity index (χ2v) is 3.51. The topological polar surface area (TPSA) is 44.8 Å². The van der Waals surface area contributed by atoms with Gasteiger partial charge in [-0.2, -0.15) is 0 Å². The fourth-order valence-corrected chi connectivity index (χ4v) is 1.23. The van der Waals surface area contributed by atoms with Gasteiger partial charge < -0.3 is 14.2 Å². The van der Waals surface area contributed by atoms with E-state index in [1.54, 1.807) is 25.3 Å². The molecule has 0 heterocycles. The molecule has 0 saturated heterocycles. The molecule has 0 aliphatic rings. The molecule has 4 nitrogen and oxygen atoms in total. The first-order chi connectivity index (χ1) is 8.27. The summed E-state index contributed by atoms with van der Waals surface area (Å²) in [6.45, 7) is 3.33. The molecule has 0 aliphatic carbocycles. The molecule has 0 aliphatic heterocycles. The Morgan fingerprint density at radius 3 is 2.76 bits per heavy atom. The van der Waals surface area contributed by atoms with E-state index in [1.807, 2.05) is 13.0 Å². The van der Waals surface area contributed by atoms with Crippen molar-refractivity contribution in [3.8, 4) is 5.75 Å². The minimum atomic E-state index is -0.357. The van der Waals surface area contributed by atoms with Crippen molar-refractivity contribution in [2.75, 3.05) is 26.9 Å². The average Bonchev–Trinajstić information content (AvgIpc) is 2.37. The van der Waals surface area contributed by atoms with Gasteiger partial charge in [-0.3, -0.25) is 0 Å². The van der Waals surface area contributed by atoms with Crippen LogP contribution in [0.15, 0.2) is 24.3 Å². The number of rotatable bonds is 7. The highest BCUT2D eigenvalue weighted by Crippen LogP contribution is 2.14. The molecule has 0 atom stereocenters. The molecule has 0 aromatic heterocycles. The first-order valence-electron chi connectivity index (χ1n) is 5.67. The molecule has 1 aromatic rings. The maximum Gasteiger partial charge on any atom is 0.338 e. The second kappa shape index (κ2) is 7.68. The molecular formula is C13H18O4. The van der Waals surface area contributed by atoms with Gasteiger partial charge in [0.2, 0.25) is 0 Å². The quantitative estimate of drug-likeness (QED) is 0.540. The molecule has 0 spiro atoms. The number of carbonyl (C=O) groups is 1. The first kappa shape index (κ1) is 13.5. The highest BCUT2D eigenvalue weighted by atomic mass is 16.6. The fourth-order valence-electron chi connectivity index (χ4n) is 1.23. The molecular weight excluding hydrogens is 220 g/mol. The standard InChI is InChI=1S/C13H18O4/c1-3-7-16-12-6-4-5-11(10-12)13(14)17-9-8-15-2/h4-6,10H,3,7-9H2,1-2H3. The van der Waals surface area contributed by atoms with Gasteiger partial charge in [0, 0.05) is 7.11 Å². The normalized spacial score (nSPS) is 10.0. The van der Waals surface area contributed by atoms with Crippen molar-refractivity contribution in [1.29, 1.82) is 0 Å². The van der Waals surface area contributed by atoms with Gasteiger partial charge in [0.1, 0.15) is 12.4 Å². The molecule has 0 fully saturated rings. The predicted molar refractivity (Wildman–Crippen MR) is 64.4 cm³/mol. The lowest BCUT2D eigenvalue weighted by atomic mass is 10.2. The van der Waals surface area contributed by atoms with Crippen molar-refractivity contribution in [3.63, 3.8) is 0 Å². The molecule has 0 amide bonds. The zero-order valence-electron chi connectivity index (χ0n) is 10.3. The van der Waals surface area contributed by atoms with Gasteiger partial charge in [0.25, 0.3) is 0 Å². The molecule has 17 heavy (non-hydrogen) atoms. The summed E-state index contributed by atoms with van der Waals surface area (Å²) >= 11 is 0. The summed E-state index contributed by atoms with van der Waals surface area (Å²) in [5.41, 5.74) is 0.495. The van der Waals surface area contributed by atoms with E-state index in [2.05, 4.69) is 0 Å². The van der Waals surface area contributed by atoms with Gasteiger partial charge in [-0.05, 0) is 24.6 Å². The van der Waals surface area contributed by atoms with Crippen LogP contribution in [0.1, 0.15) is 23.7 Å². The monoisotopic (exact) mass is 238 g/mol. The minimum absolute atomic E-state index is 0.259. The molecule has 1 aromatic carbocycles. The summed E-state index contributed by atoms with van der Waals surface area (Å²) in [6, 6.07) is 6.98. The molecule has 0 unspecified atom stereocenters. The number of benzene rings is 1. The SMILES string of the molecule is CCCOc1cccc(C(=O)OCCOC)c1. The second-order valence-electron chi connectivity index (χ2n) is 3.51. The smallest absolute Gasteiger partial charge is 0.338 e. The zero-order valence-corrected chi connectivity index (χ0v) is 10.3. The maximum absolute atomic E-state index is 11.6. The van der Waals surface area contributed by atoms with Crippen LogP contribution in [0.2, 0.25) is 0 Å². The van der Waals surface area contributed by atoms with Gasteiger partial charge in [0.05, 0.1) is 18.8 Å².